The number of rotatable bonds is 2. The summed E-state index contributed by atoms with van der Waals surface area (Å²) in [6, 6.07) is 3.84. The second-order valence-electron chi connectivity index (χ2n) is 3.34. The van der Waals surface area contributed by atoms with Gasteiger partial charge in [0.15, 0.2) is 12.0 Å². The highest BCUT2D eigenvalue weighted by atomic mass is 35.5. The Morgan fingerprint density at radius 2 is 2.36 bits per heavy atom. The highest BCUT2D eigenvalue weighted by molar-refractivity contribution is 6.34. The van der Waals surface area contributed by atoms with Crippen LogP contribution in [-0.2, 0) is 0 Å². The van der Waals surface area contributed by atoms with Crippen LogP contribution in [0.1, 0.15) is 18.4 Å². The Balaban J connectivity index is 2.58. The van der Waals surface area contributed by atoms with E-state index in [0.29, 0.717) is 17.2 Å². The molecule has 3 nitrogen and oxygen atoms in total. The van der Waals surface area contributed by atoms with Gasteiger partial charge >= 0.3 is 0 Å². The zero-order valence-electron chi connectivity index (χ0n) is 7.83. The molecule has 1 heterocycles. The van der Waals surface area contributed by atoms with Gasteiger partial charge in [-0.3, -0.25) is 0 Å². The number of oxazole rings is 1. The Bertz CT molecular complexity index is 452. The molecule has 74 valence electrons. The second-order valence-corrected chi connectivity index (χ2v) is 3.75. The second kappa shape index (κ2) is 3.59. The minimum absolute atomic E-state index is 0.286. The number of fused-ring (bicyclic) bond motifs is 1. The van der Waals surface area contributed by atoms with Crippen molar-refractivity contribution in [2.24, 2.45) is 5.73 Å². The lowest BCUT2D eigenvalue weighted by atomic mass is 10.0. The number of hydrogen-bond acceptors (Lipinski definition) is 3. The van der Waals surface area contributed by atoms with Gasteiger partial charge in [-0.15, -0.1) is 0 Å². The molecule has 2 aromatic rings. The first-order valence-electron chi connectivity index (χ1n) is 4.45. The average molecular weight is 211 g/mol. The molecule has 0 saturated heterocycles. The maximum atomic E-state index is 6.03. The zero-order valence-corrected chi connectivity index (χ0v) is 8.58. The van der Waals surface area contributed by atoms with Crippen LogP contribution in [0.15, 0.2) is 22.9 Å². The van der Waals surface area contributed by atoms with Crippen LogP contribution in [0.3, 0.4) is 0 Å². The first-order chi connectivity index (χ1) is 6.72. The van der Waals surface area contributed by atoms with Crippen molar-refractivity contribution in [3.63, 3.8) is 0 Å². The number of benzene rings is 1. The topological polar surface area (TPSA) is 52.0 Å². The molecular formula is C10H11ClN2O. The fourth-order valence-electron chi connectivity index (χ4n) is 1.37. The van der Waals surface area contributed by atoms with Crippen molar-refractivity contribution in [1.29, 1.82) is 0 Å². The van der Waals surface area contributed by atoms with E-state index in [-0.39, 0.29) is 5.92 Å². The molecule has 0 radical (unpaired) electrons. The summed E-state index contributed by atoms with van der Waals surface area (Å²) >= 11 is 6.03. The molecular weight excluding hydrogens is 200 g/mol. The first-order valence-corrected chi connectivity index (χ1v) is 4.83. The van der Waals surface area contributed by atoms with E-state index in [2.05, 4.69) is 11.9 Å². The fourth-order valence-corrected chi connectivity index (χ4v) is 1.64. The van der Waals surface area contributed by atoms with Crippen LogP contribution in [0.25, 0.3) is 11.1 Å². The largest absolute Gasteiger partial charge is 0.442 e. The minimum Gasteiger partial charge on any atom is -0.442 e. The van der Waals surface area contributed by atoms with Gasteiger partial charge in [0.1, 0.15) is 5.52 Å². The third-order valence-electron chi connectivity index (χ3n) is 2.33. The zero-order chi connectivity index (χ0) is 10.1. The van der Waals surface area contributed by atoms with Gasteiger partial charge in [0.05, 0.1) is 5.02 Å². The maximum Gasteiger partial charge on any atom is 0.182 e. The van der Waals surface area contributed by atoms with Crippen molar-refractivity contribution in [3.8, 4) is 0 Å². The van der Waals surface area contributed by atoms with Crippen molar-refractivity contribution in [1.82, 2.24) is 4.98 Å². The lowest BCUT2D eigenvalue weighted by molar-refractivity contribution is 0.602. The van der Waals surface area contributed by atoms with Crippen molar-refractivity contribution in [2.45, 2.75) is 12.8 Å². The molecule has 0 aliphatic rings. The van der Waals surface area contributed by atoms with Crippen LogP contribution in [-0.4, -0.2) is 11.5 Å². The molecule has 1 aromatic carbocycles. The molecule has 1 unspecified atom stereocenters. The summed E-state index contributed by atoms with van der Waals surface area (Å²) in [6.07, 6.45) is 1.40. The standard InChI is InChI=1S/C10H11ClN2O/c1-6(4-12)7-2-8(11)10-9(3-7)13-5-14-10/h2-3,5-6H,4,12H2,1H3. The van der Waals surface area contributed by atoms with Crippen LogP contribution in [0.2, 0.25) is 5.02 Å². The number of aromatic nitrogens is 1. The first kappa shape index (κ1) is 9.49. The molecule has 14 heavy (non-hydrogen) atoms. The SMILES string of the molecule is CC(CN)c1cc(Cl)c2ocnc2c1. The Kier molecular flexibility index (Phi) is 2.44. The summed E-state index contributed by atoms with van der Waals surface area (Å²) in [6.45, 7) is 2.65. The third-order valence-corrected chi connectivity index (χ3v) is 2.61. The highest BCUT2D eigenvalue weighted by Crippen LogP contribution is 2.27. The molecule has 0 fully saturated rings. The number of nitrogens with zero attached hydrogens (tertiary/aromatic N) is 1. The molecule has 2 N–H and O–H groups in total. The Hall–Kier alpha value is -1.06. The van der Waals surface area contributed by atoms with Gasteiger partial charge in [0, 0.05) is 0 Å². The van der Waals surface area contributed by atoms with E-state index in [4.69, 9.17) is 21.8 Å². The molecule has 0 aliphatic carbocycles. The van der Waals surface area contributed by atoms with E-state index in [1.807, 2.05) is 12.1 Å². The summed E-state index contributed by atoms with van der Waals surface area (Å²) in [5.41, 5.74) is 8.11. The van der Waals surface area contributed by atoms with E-state index < -0.39 is 0 Å². The summed E-state index contributed by atoms with van der Waals surface area (Å²) in [5.74, 6) is 0.286. The molecule has 1 atom stereocenters. The average Bonchev–Trinajstić information content (AvgIpc) is 2.64. The lowest BCUT2D eigenvalue weighted by Crippen LogP contribution is -2.08. The van der Waals surface area contributed by atoms with Crippen LogP contribution >= 0.6 is 11.6 Å². The van der Waals surface area contributed by atoms with Crippen molar-refractivity contribution in [3.05, 3.63) is 29.1 Å². The molecule has 0 aliphatic heterocycles. The minimum atomic E-state index is 0.286. The summed E-state index contributed by atoms with van der Waals surface area (Å²) < 4.78 is 5.14. The van der Waals surface area contributed by atoms with E-state index in [1.54, 1.807) is 0 Å². The number of nitrogens with two attached hydrogens (primary N) is 1. The quantitative estimate of drug-likeness (QED) is 0.829. The van der Waals surface area contributed by atoms with E-state index in [9.17, 15) is 0 Å². The molecule has 0 bridgehead atoms. The smallest absolute Gasteiger partial charge is 0.182 e. The molecule has 2 rings (SSSR count). The Labute approximate surface area is 86.9 Å². The number of hydrogen-bond donors (Lipinski definition) is 1. The summed E-state index contributed by atoms with van der Waals surface area (Å²) in [5, 5.41) is 0.593. The van der Waals surface area contributed by atoms with Crippen molar-refractivity contribution >= 4 is 22.7 Å². The van der Waals surface area contributed by atoms with Gasteiger partial charge in [-0.2, -0.15) is 0 Å². The molecule has 0 spiro atoms. The third kappa shape index (κ3) is 1.49. The fraction of sp³-hybridized carbons (Fsp3) is 0.300. The molecule has 0 amide bonds. The van der Waals surface area contributed by atoms with E-state index in [0.717, 1.165) is 11.1 Å². The lowest BCUT2D eigenvalue weighted by Gasteiger charge is -2.08. The highest BCUT2D eigenvalue weighted by Gasteiger charge is 2.10. The van der Waals surface area contributed by atoms with E-state index >= 15 is 0 Å². The summed E-state index contributed by atoms with van der Waals surface area (Å²) in [7, 11) is 0. The van der Waals surface area contributed by atoms with Gasteiger partial charge in [-0.25, -0.2) is 4.98 Å². The van der Waals surface area contributed by atoms with Gasteiger partial charge < -0.3 is 10.2 Å². The Morgan fingerprint density at radius 3 is 3.07 bits per heavy atom. The predicted octanol–water partition coefficient (Wildman–Crippen LogP) is 2.54. The molecule has 1 aromatic heterocycles. The van der Waals surface area contributed by atoms with Gasteiger partial charge in [0.2, 0.25) is 0 Å². The maximum absolute atomic E-state index is 6.03. The normalized spacial score (nSPS) is 13.4. The van der Waals surface area contributed by atoms with Crippen molar-refractivity contribution in [2.75, 3.05) is 6.54 Å². The number of halogens is 1. The summed E-state index contributed by atoms with van der Waals surface area (Å²) in [4.78, 5) is 4.06. The van der Waals surface area contributed by atoms with Crippen LogP contribution in [0.5, 0.6) is 0 Å². The molecule has 0 saturated carbocycles. The Morgan fingerprint density at radius 1 is 1.57 bits per heavy atom. The predicted molar refractivity (Wildman–Crippen MR) is 56.5 cm³/mol. The van der Waals surface area contributed by atoms with Crippen molar-refractivity contribution < 1.29 is 4.42 Å². The van der Waals surface area contributed by atoms with Gasteiger partial charge in [-0.05, 0) is 30.2 Å². The van der Waals surface area contributed by atoms with Gasteiger partial charge in [-0.1, -0.05) is 18.5 Å². The van der Waals surface area contributed by atoms with Crippen LogP contribution in [0, 0.1) is 0 Å². The van der Waals surface area contributed by atoms with Gasteiger partial charge in [0.25, 0.3) is 0 Å². The van der Waals surface area contributed by atoms with E-state index in [1.165, 1.54) is 6.39 Å². The van der Waals surface area contributed by atoms with Crippen LogP contribution < -0.4 is 5.73 Å². The molecule has 4 heteroatoms. The van der Waals surface area contributed by atoms with Crippen LogP contribution in [0.4, 0.5) is 0 Å². The monoisotopic (exact) mass is 210 g/mol.